The Morgan fingerprint density at radius 1 is 1.05 bits per heavy atom. The van der Waals surface area contributed by atoms with Crippen LogP contribution in [0.5, 0.6) is 0 Å². The number of anilines is 1. The van der Waals surface area contributed by atoms with Gasteiger partial charge in [0.15, 0.2) is 0 Å². The maximum Gasteiger partial charge on any atom is 0.0523 e. The fraction of sp³-hybridized carbons (Fsp3) is 0.389. The molecule has 3 heteroatoms. The lowest BCUT2D eigenvalue weighted by atomic mass is 10.1. The van der Waals surface area contributed by atoms with Crippen LogP contribution in [-0.2, 0) is 11.5 Å². The molecule has 1 heterocycles. The van der Waals surface area contributed by atoms with Gasteiger partial charge < -0.3 is 5.32 Å². The Hall–Kier alpha value is -1.48. The number of aryl methyl sites for hydroxylation is 2. The normalized spacial score (nSPS) is 10.6. The average molecular weight is 300 g/mol. The van der Waals surface area contributed by atoms with E-state index < -0.39 is 0 Å². The van der Waals surface area contributed by atoms with E-state index in [9.17, 15) is 0 Å². The summed E-state index contributed by atoms with van der Waals surface area (Å²) in [6.07, 6.45) is 3.03. The quantitative estimate of drug-likeness (QED) is 0.783. The van der Waals surface area contributed by atoms with E-state index in [-0.39, 0.29) is 0 Å². The van der Waals surface area contributed by atoms with E-state index in [0.29, 0.717) is 0 Å². The highest BCUT2D eigenvalue weighted by Gasteiger charge is 2.00. The number of aromatic nitrogens is 1. The molecule has 0 spiro atoms. The molecule has 112 valence electrons. The molecule has 2 aromatic rings. The predicted molar refractivity (Wildman–Crippen MR) is 93.9 cm³/mol. The van der Waals surface area contributed by atoms with E-state index in [0.717, 1.165) is 30.2 Å². The van der Waals surface area contributed by atoms with Gasteiger partial charge in [-0.25, -0.2) is 0 Å². The minimum atomic E-state index is 0.953. The first-order valence-electron chi connectivity index (χ1n) is 7.51. The monoisotopic (exact) mass is 300 g/mol. The van der Waals surface area contributed by atoms with Gasteiger partial charge in [-0.3, -0.25) is 4.98 Å². The number of thioether (sulfide) groups is 1. The van der Waals surface area contributed by atoms with Gasteiger partial charge in [0.05, 0.1) is 5.69 Å². The van der Waals surface area contributed by atoms with Crippen LogP contribution in [0.1, 0.15) is 35.7 Å². The van der Waals surface area contributed by atoms with Crippen molar-refractivity contribution in [1.29, 1.82) is 0 Å². The molecular formula is C18H24N2S. The first-order chi connectivity index (χ1) is 10.2. The first-order valence-corrected chi connectivity index (χ1v) is 8.66. The van der Waals surface area contributed by atoms with Gasteiger partial charge in [-0.05, 0) is 38.0 Å². The van der Waals surface area contributed by atoms with Crippen LogP contribution in [0.25, 0.3) is 0 Å². The smallest absolute Gasteiger partial charge is 0.0523 e. The fourth-order valence-electron chi connectivity index (χ4n) is 2.36. The molecular weight excluding hydrogens is 276 g/mol. The van der Waals surface area contributed by atoms with Crippen molar-refractivity contribution < 1.29 is 0 Å². The Morgan fingerprint density at radius 3 is 2.52 bits per heavy atom. The highest BCUT2D eigenvalue weighted by atomic mass is 32.2. The van der Waals surface area contributed by atoms with Gasteiger partial charge in [0.1, 0.15) is 0 Å². The zero-order chi connectivity index (χ0) is 15.1. The molecule has 0 saturated heterocycles. The summed E-state index contributed by atoms with van der Waals surface area (Å²) in [7, 11) is 0. The number of hydrogen-bond acceptors (Lipinski definition) is 3. The minimum absolute atomic E-state index is 0.953. The molecule has 0 amide bonds. The molecule has 0 atom stereocenters. The van der Waals surface area contributed by atoms with Crippen LogP contribution in [0, 0.1) is 13.8 Å². The molecule has 1 aromatic carbocycles. The van der Waals surface area contributed by atoms with Crippen molar-refractivity contribution in [3.8, 4) is 0 Å². The third kappa shape index (κ3) is 5.43. The van der Waals surface area contributed by atoms with Crippen LogP contribution >= 0.6 is 11.8 Å². The highest BCUT2D eigenvalue weighted by molar-refractivity contribution is 7.97. The number of rotatable bonds is 7. The summed E-state index contributed by atoms with van der Waals surface area (Å²) in [5, 5.41) is 3.41. The first kappa shape index (κ1) is 15.9. The molecule has 0 unspecified atom stereocenters. The molecule has 21 heavy (non-hydrogen) atoms. The van der Waals surface area contributed by atoms with Crippen LogP contribution in [0.4, 0.5) is 5.69 Å². The summed E-state index contributed by atoms with van der Waals surface area (Å²) in [6, 6.07) is 11.0. The van der Waals surface area contributed by atoms with Crippen molar-refractivity contribution in [2.75, 3.05) is 11.9 Å². The van der Waals surface area contributed by atoms with E-state index in [1.807, 2.05) is 24.0 Å². The van der Waals surface area contributed by atoms with Crippen molar-refractivity contribution in [1.82, 2.24) is 4.98 Å². The zero-order valence-electron chi connectivity index (χ0n) is 13.1. The van der Waals surface area contributed by atoms with Gasteiger partial charge in [0, 0.05) is 29.9 Å². The second-order valence-electron chi connectivity index (χ2n) is 5.45. The Kier molecular flexibility index (Phi) is 6.12. The standard InChI is InChI=1S/C18H24N2S/c1-4-6-19-17-5-7-20-18(11-17)13-21-12-16-9-14(2)8-15(3)10-16/h5,7-11H,4,6,12-13H2,1-3H3,(H,19,20). The van der Waals surface area contributed by atoms with Crippen LogP contribution < -0.4 is 5.32 Å². The highest BCUT2D eigenvalue weighted by Crippen LogP contribution is 2.20. The van der Waals surface area contributed by atoms with Gasteiger partial charge in [0.2, 0.25) is 0 Å². The maximum atomic E-state index is 4.45. The number of nitrogens with zero attached hydrogens (tertiary/aromatic N) is 1. The minimum Gasteiger partial charge on any atom is -0.385 e. The van der Waals surface area contributed by atoms with Crippen molar-refractivity contribution in [3.05, 3.63) is 58.9 Å². The van der Waals surface area contributed by atoms with E-state index in [1.54, 1.807) is 0 Å². The molecule has 1 aromatic heterocycles. The molecule has 2 nitrogen and oxygen atoms in total. The van der Waals surface area contributed by atoms with Crippen molar-refractivity contribution in [3.63, 3.8) is 0 Å². The Balaban J connectivity index is 1.88. The van der Waals surface area contributed by atoms with E-state index in [1.165, 1.54) is 22.4 Å². The van der Waals surface area contributed by atoms with E-state index >= 15 is 0 Å². The molecule has 1 N–H and O–H groups in total. The molecule has 0 saturated carbocycles. The summed E-state index contributed by atoms with van der Waals surface area (Å²) in [5.74, 6) is 1.99. The zero-order valence-corrected chi connectivity index (χ0v) is 14.0. The Morgan fingerprint density at radius 2 is 1.81 bits per heavy atom. The fourth-order valence-corrected chi connectivity index (χ4v) is 3.23. The number of hydrogen-bond donors (Lipinski definition) is 1. The molecule has 0 aliphatic carbocycles. The molecule has 0 aliphatic rings. The third-order valence-electron chi connectivity index (χ3n) is 3.20. The van der Waals surface area contributed by atoms with Crippen molar-refractivity contribution >= 4 is 17.4 Å². The van der Waals surface area contributed by atoms with E-state index in [4.69, 9.17) is 0 Å². The SMILES string of the molecule is CCCNc1ccnc(CSCc2cc(C)cc(C)c2)c1. The average Bonchev–Trinajstić information content (AvgIpc) is 2.44. The van der Waals surface area contributed by atoms with E-state index in [2.05, 4.69) is 55.3 Å². The van der Waals surface area contributed by atoms with Gasteiger partial charge in [-0.2, -0.15) is 11.8 Å². The Labute approximate surface area is 132 Å². The third-order valence-corrected chi connectivity index (χ3v) is 4.23. The van der Waals surface area contributed by atoms with Gasteiger partial charge >= 0.3 is 0 Å². The summed E-state index contributed by atoms with van der Waals surface area (Å²) >= 11 is 1.92. The lowest BCUT2D eigenvalue weighted by molar-refractivity contribution is 0.977. The Bertz CT molecular complexity index is 561. The predicted octanol–water partition coefficient (Wildman–Crippen LogP) is 4.95. The molecule has 0 aliphatic heterocycles. The largest absolute Gasteiger partial charge is 0.385 e. The topological polar surface area (TPSA) is 24.9 Å². The van der Waals surface area contributed by atoms with Crippen LogP contribution in [0.3, 0.4) is 0 Å². The van der Waals surface area contributed by atoms with Crippen molar-refractivity contribution in [2.45, 2.75) is 38.7 Å². The number of pyridine rings is 1. The lowest BCUT2D eigenvalue weighted by Crippen LogP contribution is -2.00. The molecule has 0 bridgehead atoms. The summed E-state index contributed by atoms with van der Waals surface area (Å²) < 4.78 is 0. The van der Waals surface area contributed by atoms with Crippen LogP contribution in [-0.4, -0.2) is 11.5 Å². The molecule has 0 fully saturated rings. The second kappa shape index (κ2) is 8.08. The number of nitrogens with one attached hydrogen (secondary N) is 1. The van der Waals surface area contributed by atoms with Gasteiger partial charge in [0.25, 0.3) is 0 Å². The van der Waals surface area contributed by atoms with Crippen LogP contribution in [0.15, 0.2) is 36.5 Å². The summed E-state index contributed by atoms with van der Waals surface area (Å²) in [5.41, 5.74) is 6.40. The number of benzene rings is 1. The van der Waals surface area contributed by atoms with Gasteiger partial charge in [-0.1, -0.05) is 36.2 Å². The van der Waals surface area contributed by atoms with Crippen LogP contribution in [0.2, 0.25) is 0 Å². The lowest BCUT2D eigenvalue weighted by Gasteiger charge is -2.07. The second-order valence-corrected chi connectivity index (χ2v) is 6.44. The molecule has 0 radical (unpaired) electrons. The van der Waals surface area contributed by atoms with Gasteiger partial charge in [-0.15, -0.1) is 0 Å². The summed E-state index contributed by atoms with van der Waals surface area (Å²) in [6.45, 7) is 7.51. The molecule has 2 rings (SSSR count). The maximum absolute atomic E-state index is 4.45. The van der Waals surface area contributed by atoms with Crippen molar-refractivity contribution in [2.24, 2.45) is 0 Å². The summed E-state index contributed by atoms with van der Waals surface area (Å²) in [4.78, 5) is 4.45.